The van der Waals surface area contributed by atoms with Gasteiger partial charge in [0, 0.05) is 40.0 Å². The third kappa shape index (κ3) is 4.30. The van der Waals surface area contributed by atoms with E-state index in [9.17, 15) is 8.78 Å². The predicted octanol–water partition coefficient (Wildman–Crippen LogP) is 5.54. The first kappa shape index (κ1) is 19.4. The van der Waals surface area contributed by atoms with E-state index in [-0.39, 0.29) is 11.8 Å². The van der Waals surface area contributed by atoms with Crippen LogP contribution in [0.1, 0.15) is 66.4 Å². The molecule has 3 aromatic heterocycles. The van der Waals surface area contributed by atoms with Crippen LogP contribution in [0.2, 0.25) is 0 Å². The Bertz CT molecular complexity index is 1020. The Kier molecular flexibility index (Phi) is 5.37. The molecule has 4 heterocycles. The molecular formula is C21H23F2N5OS. The number of aryl methyl sites for hydroxylation is 2. The third-order valence-electron chi connectivity index (χ3n) is 5.75. The second-order valence-corrected chi connectivity index (χ2v) is 8.88. The average Bonchev–Trinajstić information content (AvgIpc) is 3.46. The highest BCUT2D eigenvalue weighted by Crippen LogP contribution is 2.37. The van der Waals surface area contributed by atoms with Crippen LogP contribution in [0.4, 0.5) is 20.3 Å². The SMILES string of the molecule is FC(F)c1cc2cc(n1)CCCCc1cc(ns1)OC1CCC(C1)c1cc(n[nH]1)N2. The van der Waals surface area contributed by atoms with Crippen LogP contribution in [-0.2, 0) is 12.8 Å². The molecule has 2 N–H and O–H groups in total. The normalized spacial score (nSPS) is 21.6. The van der Waals surface area contributed by atoms with Gasteiger partial charge >= 0.3 is 0 Å². The smallest absolute Gasteiger partial charge is 0.280 e. The summed E-state index contributed by atoms with van der Waals surface area (Å²) in [4.78, 5) is 5.34. The molecule has 1 aliphatic carbocycles. The number of anilines is 2. The Balaban J connectivity index is 1.44. The van der Waals surface area contributed by atoms with Crippen LogP contribution in [0.3, 0.4) is 0 Å². The highest BCUT2D eigenvalue weighted by Gasteiger charge is 2.29. The Morgan fingerprint density at radius 3 is 2.90 bits per heavy atom. The zero-order valence-corrected chi connectivity index (χ0v) is 17.2. The highest BCUT2D eigenvalue weighted by molar-refractivity contribution is 7.05. The fourth-order valence-electron chi connectivity index (χ4n) is 4.25. The van der Waals surface area contributed by atoms with Crippen LogP contribution >= 0.6 is 11.5 Å². The molecule has 2 unspecified atom stereocenters. The van der Waals surface area contributed by atoms with Crippen molar-refractivity contribution in [2.45, 2.75) is 63.4 Å². The van der Waals surface area contributed by atoms with Crippen molar-refractivity contribution in [2.24, 2.45) is 0 Å². The molecule has 2 atom stereocenters. The molecule has 6 nitrogen and oxygen atoms in total. The number of fused-ring (bicyclic) bond motifs is 9. The lowest BCUT2D eigenvalue weighted by atomic mass is 10.0. The number of hydrogen-bond donors (Lipinski definition) is 2. The minimum atomic E-state index is -2.61. The molecule has 0 saturated heterocycles. The monoisotopic (exact) mass is 431 g/mol. The van der Waals surface area contributed by atoms with E-state index in [0.29, 0.717) is 35.4 Å². The molecule has 158 valence electrons. The van der Waals surface area contributed by atoms with Gasteiger partial charge in [0.05, 0.1) is 0 Å². The van der Waals surface area contributed by atoms with Gasteiger partial charge in [0.2, 0.25) is 5.88 Å². The lowest BCUT2D eigenvalue weighted by Crippen LogP contribution is -2.12. The molecule has 0 amide bonds. The molecule has 9 heteroatoms. The summed E-state index contributed by atoms with van der Waals surface area (Å²) < 4.78 is 37.3. The molecule has 0 aromatic carbocycles. The molecule has 0 spiro atoms. The zero-order valence-electron chi connectivity index (χ0n) is 16.4. The summed E-state index contributed by atoms with van der Waals surface area (Å²) in [5, 5.41) is 10.6. The molecule has 30 heavy (non-hydrogen) atoms. The van der Waals surface area contributed by atoms with Crippen molar-refractivity contribution >= 4 is 23.0 Å². The number of aromatic amines is 1. The Labute approximate surface area is 177 Å². The first-order chi connectivity index (χ1) is 14.6. The van der Waals surface area contributed by atoms with Crippen LogP contribution in [0.25, 0.3) is 0 Å². The maximum Gasteiger partial charge on any atom is 0.280 e. The van der Waals surface area contributed by atoms with E-state index in [1.165, 1.54) is 22.5 Å². The van der Waals surface area contributed by atoms with Crippen molar-refractivity contribution < 1.29 is 13.5 Å². The van der Waals surface area contributed by atoms with Crippen LogP contribution in [0, 0.1) is 0 Å². The Morgan fingerprint density at radius 1 is 1.10 bits per heavy atom. The second kappa shape index (κ2) is 8.29. The summed E-state index contributed by atoms with van der Waals surface area (Å²) >= 11 is 1.48. The van der Waals surface area contributed by atoms with Crippen molar-refractivity contribution in [3.8, 4) is 5.88 Å². The van der Waals surface area contributed by atoms with E-state index in [1.54, 1.807) is 0 Å². The second-order valence-electron chi connectivity index (χ2n) is 7.99. The number of H-pyrrole nitrogens is 1. The van der Waals surface area contributed by atoms with Crippen molar-refractivity contribution in [3.05, 3.63) is 46.2 Å². The number of ether oxygens (including phenoxy) is 1. The Morgan fingerprint density at radius 2 is 2.00 bits per heavy atom. The molecule has 1 fully saturated rings. The highest BCUT2D eigenvalue weighted by atomic mass is 32.1. The number of nitrogens with one attached hydrogen (secondary N) is 2. The van der Waals surface area contributed by atoms with Gasteiger partial charge in [-0.05, 0) is 68.6 Å². The quantitative estimate of drug-likeness (QED) is 0.529. The van der Waals surface area contributed by atoms with E-state index >= 15 is 0 Å². The van der Waals surface area contributed by atoms with E-state index in [0.717, 1.165) is 44.2 Å². The average molecular weight is 432 g/mol. The van der Waals surface area contributed by atoms with Gasteiger partial charge in [-0.25, -0.2) is 8.78 Å². The molecule has 2 aliphatic rings. The summed E-state index contributed by atoms with van der Waals surface area (Å²) in [5.74, 6) is 1.67. The van der Waals surface area contributed by atoms with Crippen LogP contribution in [0.15, 0.2) is 24.3 Å². The number of rotatable bonds is 1. The van der Waals surface area contributed by atoms with Crippen molar-refractivity contribution in [1.29, 1.82) is 0 Å². The zero-order chi connectivity index (χ0) is 20.5. The molecule has 1 saturated carbocycles. The largest absolute Gasteiger partial charge is 0.474 e. The van der Waals surface area contributed by atoms with Gasteiger partial charge in [0.1, 0.15) is 11.8 Å². The van der Waals surface area contributed by atoms with Gasteiger partial charge in [-0.15, -0.1) is 0 Å². The summed E-state index contributed by atoms with van der Waals surface area (Å²) in [7, 11) is 0. The van der Waals surface area contributed by atoms with Gasteiger partial charge in [-0.2, -0.15) is 9.47 Å². The lowest BCUT2D eigenvalue weighted by molar-refractivity contribution is 0.146. The fourth-order valence-corrected chi connectivity index (χ4v) is 4.95. The van der Waals surface area contributed by atoms with E-state index in [2.05, 4.69) is 24.9 Å². The van der Waals surface area contributed by atoms with Crippen LogP contribution < -0.4 is 10.1 Å². The summed E-state index contributed by atoms with van der Waals surface area (Å²) in [5.41, 5.74) is 2.09. The number of alkyl halides is 2. The standard InChI is InChI=1S/C21H23F2N5OS/c22-21(23)18-9-14-8-13(24-18)3-1-2-4-16-10-20(28-30-16)29-15-6-5-12(7-15)17-11-19(25-14)27-26-17/h8-12,15,21H,1-7H2,(H2,25,26,27). The lowest BCUT2D eigenvalue weighted by Gasteiger charge is -2.11. The van der Waals surface area contributed by atoms with E-state index in [1.807, 2.05) is 18.2 Å². The topological polar surface area (TPSA) is 75.7 Å². The molecular weight excluding hydrogens is 408 g/mol. The van der Waals surface area contributed by atoms with Gasteiger partial charge in [0.15, 0.2) is 5.82 Å². The van der Waals surface area contributed by atoms with Crippen LogP contribution in [-0.4, -0.2) is 25.7 Å². The predicted molar refractivity (Wildman–Crippen MR) is 111 cm³/mol. The first-order valence-corrected chi connectivity index (χ1v) is 11.1. The van der Waals surface area contributed by atoms with Gasteiger partial charge in [0.25, 0.3) is 6.43 Å². The molecule has 1 aliphatic heterocycles. The van der Waals surface area contributed by atoms with Crippen molar-refractivity contribution in [3.63, 3.8) is 0 Å². The fraction of sp³-hybridized carbons (Fsp3) is 0.476. The van der Waals surface area contributed by atoms with Crippen LogP contribution in [0.5, 0.6) is 5.88 Å². The third-order valence-corrected chi connectivity index (χ3v) is 6.57. The number of hydrogen-bond acceptors (Lipinski definition) is 6. The maximum atomic E-state index is 13.4. The number of aromatic nitrogens is 4. The summed E-state index contributed by atoms with van der Waals surface area (Å²) in [6.07, 6.45) is 3.80. The molecule has 0 radical (unpaired) electrons. The molecule has 8 bridgehead atoms. The molecule has 3 aromatic rings. The first-order valence-electron chi connectivity index (χ1n) is 10.4. The minimum Gasteiger partial charge on any atom is -0.474 e. The Hall–Kier alpha value is -2.55. The molecule has 5 rings (SSSR count). The number of pyridine rings is 1. The van der Waals surface area contributed by atoms with E-state index in [4.69, 9.17) is 4.74 Å². The van der Waals surface area contributed by atoms with Crippen molar-refractivity contribution in [2.75, 3.05) is 5.32 Å². The maximum absolute atomic E-state index is 13.4. The summed E-state index contributed by atoms with van der Waals surface area (Å²) in [6.45, 7) is 0. The van der Waals surface area contributed by atoms with Gasteiger partial charge < -0.3 is 10.1 Å². The van der Waals surface area contributed by atoms with Crippen molar-refractivity contribution in [1.82, 2.24) is 19.6 Å². The van der Waals surface area contributed by atoms with Gasteiger partial charge in [-0.3, -0.25) is 10.1 Å². The number of halogens is 2. The minimum absolute atomic E-state index is 0.153. The van der Waals surface area contributed by atoms with E-state index < -0.39 is 6.43 Å². The van der Waals surface area contributed by atoms with Gasteiger partial charge in [-0.1, -0.05) is 0 Å². The number of nitrogens with zero attached hydrogens (tertiary/aromatic N) is 3. The summed E-state index contributed by atoms with van der Waals surface area (Å²) in [6, 6.07) is 7.24.